The maximum absolute atomic E-state index is 2.45. The zero-order chi connectivity index (χ0) is 66.4. The van der Waals surface area contributed by atoms with Gasteiger partial charge in [0.25, 0.3) is 0 Å². The third-order valence-corrected chi connectivity index (χ3v) is 20.4. The van der Waals surface area contributed by atoms with Crippen molar-refractivity contribution in [2.24, 2.45) is 7.05 Å². The van der Waals surface area contributed by atoms with E-state index in [1.165, 1.54) is 120 Å². The largest absolute Gasteiger partial charge is 0.344 e. The van der Waals surface area contributed by atoms with Crippen molar-refractivity contribution in [3.8, 4) is 28.2 Å². The first-order chi connectivity index (χ1) is 49.5. The smallest absolute Gasteiger partial charge is 0.0542 e. The van der Waals surface area contributed by atoms with Crippen LogP contribution in [0.1, 0.15) is 5.56 Å². The Balaban J connectivity index is 0.000000151. The SMILES string of the molecule is Cc1ccc2c(-c3cccc4cc(-n5c6ccc(N(c7ccccc7)c7ccccc7)cc6c6cc(-n7c8ccccc8c8ccccc87)ccc65)ccc34)cccc2c1.Cn1c2ccc(N(c3ccccc3)c3ccccc3)cc2c2cc(-n3c4ccccc4c4ccccc43)ccc21. The number of anilines is 6. The molecule has 4 aromatic heterocycles. The minimum absolute atomic E-state index is 1.11. The number of aryl methyl sites for hydroxylation is 2. The quantitative estimate of drug-likeness (QED) is 0.136. The van der Waals surface area contributed by atoms with Crippen molar-refractivity contribution in [1.29, 1.82) is 0 Å². The average Bonchev–Trinajstić information content (AvgIpc) is 1.56. The van der Waals surface area contributed by atoms with Gasteiger partial charge >= 0.3 is 0 Å². The summed E-state index contributed by atoms with van der Waals surface area (Å²) in [5.74, 6) is 0. The van der Waals surface area contributed by atoms with Crippen LogP contribution in [0.2, 0.25) is 0 Å². The van der Waals surface area contributed by atoms with Gasteiger partial charge in [-0.15, -0.1) is 0 Å². The summed E-state index contributed by atoms with van der Waals surface area (Å²) in [5.41, 5.74) is 23.6. The third kappa shape index (κ3) is 9.63. The predicted molar refractivity (Wildman–Crippen MR) is 424 cm³/mol. The van der Waals surface area contributed by atoms with Crippen LogP contribution in [0.3, 0.4) is 0 Å². The molecule has 0 atom stereocenters. The number of aromatic nitrogens is 4. The number of benzene rings is 16. The molecule has 0 radical (unpaired) electrons. The molecule has 472 valence electrons. The van der Waals surface area contributed by atoms with Gasteiger partial charge in [0.1, 0.15) is 0 Å². The van der Waals surface area contributed by atoms with Crippen molar-refractivity contribution in [2.45, 2.75) is 6.92 Å². The van der Waals surface area contributed by atoms with Gasteiger partial charge in [-0.2, -0.15) is 0 Å². The van der Waals surface area contributed by atoms with E-state index < -0.39 is 0 Å². The van der Waals surface area contributed by atoms with E-state index >= 15 is 0 Å². The Bertz CT molecular complexity index is 6370. The fourth-order valence-electron chi connectivity index (χ4n) is 15.9. The second-order valence-electron chi connectivity index (χ2n) is 26.2. The van der Waals surface area contributed by atoms with Crippen LogP contribution in [0.15, 0.2) is 364 Å². The van der Waals surface area contributed by atoms with Gasteiger partial charge in [0.15, 0.2) is 0 Å². The lowest BCUT2D eigenvalue weighted by Crippen LogP contribution is -2.09. The monoisotopic (exact) mass is 1280 g/mol. The number of hydrogen-bond acceptors (Lipinski definition) is 2. The van der Waals surface area contributed by atoms with Crippen molar-refractivity contribution >= 4 is 143 Å². The molecule has 0 saturated carbocycles. The van der Waals surface area contributed by atoms with Crippen molar-refractivity contribution in [3.05, 3.63) is 370 Å². The summed E-state index contributed by atoms with van der Waals surface area (Å²) in [5, 5.41) is 15.0. The highest BCUT2D eigenvalue weighted by Crippen LogP contribution is 2.45. The van der Waals surface area contributed by atoms with Crippen LogP contribution in [0, 0.1) is 6.92 Å². The van der Waals surface area contributed by atoms with E-state index in [2.05, 4.69) is 406 Å². The molecular formula is C94H66N6. The first kappa shape index (κ1) is 58.2. The first-order valence-electron chi connectivity index (χ1n) is 34.4. The molecule has 16 aromatic carbocycles. The summed E-state index contributed by atoms with van der Waals surface area (Å²) >= 11 is 0. The molecule has 0 bridgehead atoms. The topological polar surface area (TPSA) is 26.2 Å². The number of rotatable bonds is 10. The molecule has 6 heteroatoms. The first-order valence-corrected chi connectivity index (χ1v) is 34.4. The van der Waals surface area contributed by atoms with Gasteiger partial charge in [0.05, 0.1) is 33.1 Å². The van der Waals surface area contributed by atoms with Crippen LogP contribution in [-0.4, -0.2) is 18.3 Å². The van der Waals surface area contributed by atoms with Crippen LogP contribution in [0.4, 0.5) is 34.1 Å². The summed E-state index contributed by atoms with van der Waals surface area (Å²) in [6, 6.07) is 132. The van der Waals surface area contributed by atoms with E-state index in [9.17, 15) is 0 Å². The van der Waals surface area contributed by atoms with Gasteiger partial charge in [0.2, 0.25) is 0 Å². The lowest BCUT2D eigenvalue weighted by atomic mass is 9.93. The molecule has 6 nitrogen and oxygen atoms in total. The Kier molecular flexibility index (Phi) is 13.9. The Labute approximate surface area is 579 Å². The molecule has 0 spiro atoms. The van der Waals surface area contributed by atoms with E-state index in [4.69, 9.17) is 0 Å². The summed E-state index contributed by atoms with van der Waals surface area (Å²) in [4.78, 5) is 4.68. The van der Waals surface area contributed by atoms with E-state index in [0.717, 1.165) is 56.5 Å². The van der Waals surface area contributed by atoms with Gasteiger partial charge in [-0.1, -0.05) is 212 Å². The predicted octanol–water partition coefficient (Wildman–Crippen LogP) is 25.5. The normalized spacial score (nSPS) is 11.7. The molecule has 0 aliphatic carbocycles. The van der Waals surface area contributed by atoms with Crippen molar-refractivity contribution in [1.82, 2.24) is 18.3 Å². The highest BCUT2D eigenvalue weighted by atomic mass is 15.1. The number of para-hydroxylation sites is 8. The molecule has 20 rings (SSSR count). The van der Waals surface area contributed by atoms with Gasteiger partial charge in [-0.3, -0.25) is 0 Å². The van der Waals surface area contributed by atoms with E-state index in [0.29, 0.717) is 0 Å². The fraction of sp³-hybridized carbons (Fsp3) is 0.0213. The highest BCUT2D eigenvalue weighted by molar-refractivity contribution is 6.16. The van der Waals surface area contributed by atoms with E-state index in [1.54, 1.807) is 0 Å². The number of nitrogens with zero attached hydrogens (tertiary/aromatic N) is 6. The van der Waals surface area contributed by atoms with Crippen molar-refractivity contribution < 1.29 is 0 Å². The Morgan fingerprint density at radius 3 is 0.950 bits per heavy atom. The van der Waals surface area contributed by atoms with Crippen LogP contribution in [0.5, 0.6) is 0 Å². The van der Waals surface area contributed by atoms with E-state index in [-0.39, 0.29) is 0 Å². The van der Waals surface area contributed by atoms with Crippen molar-refractivity contribution in [2.75, 3.05) is 9.80 Å². The van der Waals surface area contributed by atoms with Gasteiger partial charge in [-0.05, 0) is 197 Å². The summed E-state index contributed by atoms with van der Waals surface area (Å²) in [6.45, 7) is 2.16. The molecule has 0 saturated heterocycles. The third-order valence-electron chi connectivity index (χ3n) is 20.4. The number of hydrogen-bond donors (Lipinski definition) is 0. The Morgan fingerprint density at radius 2 is 0.510 bits per heavy atom. The molecule has 0 unspecified atom stereocenters. The molecule has 20 aromatic rings. The molecule has 0 N–H and O–H groups in total. The Morgan fingerprint density at radius 1 is 0.200 bits per heavy atom. The zero-order valence-corrected chi connectivity index (χ0v) is 55.3. The number of fused-ring (bicyclic) bond motifs is 14. The van der Waals surface area contributed by atoms with Crippen LogP contribution >= 0.6 is 0 Å². The average molecular weight is 1280 g/mol. The van der Waals surface area contributed by atoms with Crippen LogP contribution in [-0.2, 0) is 7.05 Å². The molecule has 0 amide bonds. The standard InChI is InChI=1S/C57H39N3.C37H27N3/c1-38-26-30-46-39(34-38)14-12-22-48(46)49-23-13-15-40-35-43(27-31-47(40)49)59-56-32-28-44(58(41-16-4-2-5-17-41)42-18-6-3-7-19-42)36-52(56)53-37-45(29-33-57(53)59)60-54-24-10-8-20-50(54)51-21-9-11-25-55(51)60;1-38-34-22-20-28(39(26-12-4-2-5-13-26)27-14-6-3-7-15-27)24-32(34)33-25-29(21-23-35(33)38)40-36-18-10-8-16-30(36)31-17-9-11-19-37(31)40/h2-37H,1H3;2-25H,1H3. The van der Waals surface area contributed by atoms with E-state index in [1.807, 2.05) is 0 Å². The minimum Gasteiger partial charge on any atom is -0.344 e. The van der Waals surface area contributed by atoms with Crippen LogP contribution in [0.25, 0.3) is 137 Å². The highest BCUT2D eigenvalue weighted by Gasteiger charge is 2.22. The molecular weight excluding hydrogens is 1210 g/mol. The lowest BCUT2D eigenvalue weighted by Gasteiger charge is -2.25. The molecule has 0 aliphatic heterocycles. The summed E-state index contributed by atoms with van der Waals surface area (Å²) < 4.78 is 9.57. The van der Waals surface area contributed by atoms with Gasteiger partial charge in [0, 0.05) is 112 Å². The fourth-order valence-corrected chi connectivity index (χ4v) is 15.9. The van der Waals surface area contributed by atoms with Crippen LogP contribution < -0.4 is 9.80 Å². The molecule has 0 aliphatic rings. The second kappa shape index (κ2) is 23.9. The molecule has 0 fully saturated rings. The zero-order valence-electron chi connectivity index (χ0n) is 55.3. The summed E-state index contributed by atoms with van der Waals surface area (Å²) in [6.07, 6.45) is 0. The maximum atomic E-state index is 2.45. The van der Waals surface area contributed by atoms with Gasteiger partial charge in [-0.25, -0.2) is 0 Å². The Hall–Kier alpha value is -13.2. The lowest BCUT2D eigenvalue weighted by molar-refractivity contribution is 1.01. The minimum atomic E-state index is 1.11. The van der Waals surface area contributed by atoms with Gasteiger partial charge < -0.3 is 28.1 Å². The van der Waals surface area contributed by atoms with Crippen molar-refractivity contribution in [3.63, 3.8) is 0 Å². The maximum Gasteiger partial charge on any atom is 0.0542 e. The molecule has 4 heterocycles. The second-order valence-corrected chi connectivity index (χ2v) is 26.2. The summed E-state index contributed by atoms with van der Waals surface area (Å²) in [7, 11) is 2.16. The molecule has 100 heavy (non-hydrogen) atoms.